The van der Waals surface area contributed by atoms with Crippen molar-refractivity contribution in [1.82, 2.24) is 19.4 Å². The molecule has 0 atom stereocenters. The third-order valence-corrected chi connectivity index (χ3v) is 7.36. The number of thioether (sulfide) groups is 1. The maximum absolute atomic E-state index is 14.1. The van der Waals surface area contributed by atoms with Gasteiger partial charge in [0.15, 0.2) is 5.65 Å². The summed E-state index contributed by atoms with van der Waals surface area (Å²) in [5.41, 5.74) is 0.242. The molecule has 0 saturated heterocycles. The molecule has 2 heterocycles. The number of halogens is 1. The standard InChI is InChI=1S/C27H25FN4O3S/c1-36-22-9-5-8-21(15-22)31-24-23(14-18(28)16-29-24)26(34)32(27(31)35)20-12-10-19(11-13-20)30-25(33)17-6-3-2-4-7-17/h2-9,14-16,19-20H,10-13H2,1H3,(H,30,33)/t19-,20+. The molecule has 1 aliphatic rings. The Bertz CT molecular complexity index is 1540. The van der Waals surface area contributed by atoms with Gasteiger partial charge in [-0.1, -0.05) is 24.3 Å². The lowest BCUT2D eigenvalue weighted by Crippen LogP contribution is -2.45. The highest BCUT2D eigenvalue weighted by Crippen LogP contribution is 2.28. The zero-order valence-electron chi connectivity index (χ0n) is 19.7. The van der Waals surface area contributed by atoms with Crippen LogP contribution in [0.1, 0.15) is 42.1 Å². The maximum Gasteiger partial charge on any atom is 0.337 e. The summed E-state index contributed by atoms with van der Waals surface area (Å²) < 4.78 is 16.7. The van der Waals surface area contributed by atoms with Crippen LogP contribution in [0.15, 0.2) is 81.3 Å². The van der Waals surface area contributed by atoms with E-state index in [1.807, 2.05) is 42.7 Å². The highest BCUT2D eigenvalue weighted by Gasteiger charge is 2.28. The fourth-order valence-electron chi connectivity index (χ4n) is 4.82. The zero-order valence-corrected chi connectivity index (χ0v) is 20.5. The Hall–Kier alpha value is -3.72. The van der Waals surface area contributed by atoms with Gasteiger partial charge in [0, 0.05) is 22.5 Å². The van der Waals surface area contributed by atoms with Crippen LogP contribution in [0.4, 0.5) is 4.39 Å². The van der Waals surface area contributed by atoms with Crippen molar-refractivity contribution in [3.63, 3.8) is 0 Å². The van der Waals surface area contributed by atoms with E-state index in [1.54, 1.807) is 18.2 Å². The monoisotopic (exact) mass is 504 g/mol. The molecule has 1 saturated carbocycles. The number of aromatic nitrogens is 3. The summed E-state index contributed by atoms with van der Waals surface area (Å²) in [7, 11) is 0. The molecule has 0 spiro atoms. The fourth-order valence-corrected chi connectivity index (χ4v) is 5.28. The van der Waals surface area contributed by atoms with Gasteiger partial charge in [-0.25, -0.2) is 18.7 Å². The summed E-state index contributed by atoms with van der Waals surface area (Å²) in [6.07, 6.45) is 5.26. The third-order valence-electron chi connectivity index (χ3n) is 6.64. The Kier molecular flexibility index (Phi) is 6.73. The Morgan fingerprint density at radius 3 is 2.50 bits per heavy atom. The first-order chi connectivity index (χ1) is 17.5. The zero-order chi connectivity index (χ0) is 25.2. The van der Waals surface area contributed by atoms with Gasteiger partial charge in [0.25, 0.3) is 11.5 Å². The quantitative estimate of drug-likeness (QED) is 0.409. The van der Waals surface area contributed by atoms with Crippen LogP contribution in [0.2, 0.25) is 0 Å². The van der Waals surface area contributed by atoms with Crippen LogP contribution in [-0.4, -0.2) is 32.3 Å². The normalized spacial score (nSPS) is 17.7. The minimum absolute atomic E-state index is 0.0512. The number of amides is 1. The largest absolute Gasteiger partial charge is 0.349 e. The van der Waals surface area contributed by atoms with Crippen molar-refractivity contribution < 1.29 is 9.18 Å². The number of hydrogen-bond acceptors (Lipinski definition) is 5. The summed E-state index contributed by atoms with van der Waals surface area (Å²) in [6, 6.07) is 17.1. The third kappa shape index (κ3) is 4.58. The van der Waals surface area contributed by atoms with E-state index in [1.165, 1.54) is 20.9 Å². The predicted molar refractivity (Wildman–Crippen MR) is 139 cm³/mol. The van der Waals surface area contributed by atoms with Gasteiger partial charge >= 0.3 is 5.69 Å². The van der Waals surface area contributed by atoms with Crippen molar-refractivity contribution in [2.75, 3.05) is 6.26 Å². The molecule has 184 valence electrons. The van der Waals surface area contributed by atoms with Crippen LogP contribution in [-0.2, 0) is 0 Å². The Balaban J connectivity index is 1.49. The first-order valence-electron chi connectivity index (χ1n) is 11.8. The molecule has 1 N–H and O–H groups in total. The van der Waals surface area contributed by atoms with Gasteiger partial charge in [-0.15, -0.1) is 11.8 Å². The fraction of sp³-hybridized carbons (Fsp3) is 0.259. The Morgan fingerprint density at radius 2 is 1.78 bits per heavy atom. The van der Waals surface area contributed by atoms with Crippen LogP contribution in [0, 0.1) is 5.82 Å². The summed E-state index contributed by atoms with van der Waals surface area (Å²) >= 11 is 1.53. The molecule has 1 fully saturated rings. The van der Waals surface area contributed by atoms with Crippen LogP contribution >= 0.6 is 11.8 Å². The van der Waals surface area contributed by atoms with Gasteiger partial charge in [0.2, 0.25) is 0 Å². The van der Waals surface area contributed by atoms with Crippen LogP contribution < -0.4 is 16.6 Å². The van der Waals surface area contributed by atoms with Crippen molar-refractivity contribution in [1.29, 1.82) is 0 Å². The molecule has 1 amide bonds. The van der Waals surface area contributed by atoms with E-state index >= 15 is 0 Å². The summed E-state index contributed by atoms with van der Waals surface area (Å²) in [5.74, 6) is -0.777. The first-order valence-corrected chi connectivity index (χ1v) is 13.0. The molecule has 2 aromatic heterocycles. The lowest BCUT2D eigenvalue weighted by atomic mass is 9.90. The molecule has 36 heavy (non-hydrogen) atoms. The lowest BCUT2D eigenvalue weighted by Gasteiger charge is -2.30. The predicted octanol–water partition coefficient (Wildman–Crippen LogP) is 4.32. The molecule has 5 rings (SSSR count). The minimum atomic E-state index is -0.637. The second kappa shape index (κ2) is 10.1. The Morgan fingerprint density at radius 1 is 1.03 bits per heavy atom. The second-order valence-corrected chi connectivity index (χ2v) is 9.74. The van der Waals surface area contributed by atoms with Gasteiger partial charge in [-0.2, -0.15) is 0 Å². The van der Waals surface area contributed by atoms with E-state index in [0.29, 0.717) is 36.9 Å². The summed E-state index contributed by atoms with van der Waals surface area (Å²) in [4.78, 5) is 44.8. The van der Waals surface area contributed by atoms with Crippen molar-refractivity contribution in [2.24, 2.45) is 0 Å². The molecule has 0 radical (unpaired) electrons. The number of carbonyl (C=O) groups excluding carboxylic acids is 1. The number of fused-ring (bicyclic) bond motifs is 1. The van der Waals surface area contributed by atoms with Crippen LogP contribution in [0.25, 0.3) is 16.7 Å². The molecule has 2 aromatic carbocycles. The summed E-state index contributed by atoms with van der Waals surface area (Å²) in [5, 5.41) is 3.11. The smallest absolute Gasteiger partial charge is 0.337 e. The maximum atomic E-state index is 14.1. The molecule has 0 unspecified atom stereocenters. The molecule has 7 nitrogen and oxygen atoms in total. The van der Waals surface area contributed by atoms with Crippen molar-refractivity contribution in [3.8, 4) is 5.69 Å². The van der Waals surface area contributed by atoms with Crippen LogP contribution in [0.3, 0.4) is 0 Å². The van der Waals surface area contributed by atoms with E-state index in [2.05, 4.69) is 10.3 Å². The van der Waals surface area contributed by atoms with Crippen molar-refractivity contribution >= 4 is 28.7 Å². The van der Waals surface area contributed by atoms with E-state index < -0.39 is 17.1 Å². The number of rotatable bonds is 5. The highest BCUT2D eigenvalue weighted by molar-refractivity contribution is 7.98. The molecule has 1 aliphatic carbocycles. The van der Waals surface area contributed by atoms with Crippen LogP contribution in [0.5, 0.6) is 0 Å². The van der Waals surface area contributed by atoms with Crippen molar-refractivity contribution in [2.45, 2.75) is 42.7 Å². The van der Waals surface area contributed by atoms with Gasteiger partial charge in [-0.05, 0) is 68.3 Å². The Labute approximate surface area is 211 Å². The number of carbonyl (C=O) groups is 1. The SMILES string of the molecule is CSc1cccc(-n2c(=O)n([C@H]3CC[C@@H](NC(=O)c4ccccc4)CC3)c(=O)c3cc(F)cnc32)c1. The number of benzene rings is 2. The van der Waals surface area contributed by atoms with Gasteiger partial charge in [0.1, 0.15) is 5.82 Å². The lowest BCUT2D eigenvalue weighted by molar-refractivity contribution is 0.0922. The molecule has 0 aliphatic heterocycles. The van der Waals surface area contributed by atoms with Gasteiger partial charge < -0.3 is 5.32 Å². The number of pyridine rings is 1. The average molecular weight is 505 g/mol. The van der Waals surface area contributed by atoms with E-state index in [-0.39, 0.29) is 29.0 Å². The van der Waals surface area contributed by atoms with Gasteiger partial charge in [-0.3, -0.25) is 14.2 Å². The number of nitrogens with one attached hydrogen (secondary N) is 1. The number of hydrogen-bond donors (Lipinski definition) is 1. The molecule has 9 heteroatoms. The highest BCUT2D eigenvalue weighted by atomic mass is 32.2. The van der Waals surface area contributed by atoms with Gasteiger partial charge in [0.05, 0.1) is 17.3 Å². The van der Waals surface area contributed by atoms with E-state index in [9.17, 15) is 18.8 Å². The molecular weight excluding hydrogens is 479 g/mol. The van der Waals surface area contributed by atoms with E-state index in [0.717, 1.165) is 17.2 Å². The minimum Gasteiger partial charge on any atom is -0.349 e. The molecule has 4 aromatic rings. The first kappa shape index (κ1) is 24.0. The van der Waals surface area contributed by atoms with E-state index in [4.69, 9.17) is 0 Å². The topological polar surface area (TPSA) is 86.0 Å². The summed E-state index contributed by atoms with van der Waals surface area (Å²) in [6.45, 7) is 0. The van der Waals surface area contributed by atoms with Crippen molar-refractivity contribution in [3.05, 3.63) is 99.1 Å². The second-order valence-electron chi connectivity index (χ2n) is 8.86. The molecular formula is C27H25FN4O3S. The molecule has 0 bridgehead atoms. The average Bonchev–Trinajstić information content (AvgIpc) is 2.91. The number of nitrogens with zero attached hydrogens (tertiary/aromatic N) is 3.